The molecular formula is C14H24N4O2. The molecule has 0 radical (unpaired) electrons. The van der Waals surface area contributed by atoms with Gasteiger partial charge in [-0.1, -0.05) is 12.1 Å². The quantitative estimate of drug-likeness (QED) is 0.876. The second-order valence-electron chi connectivity index (χ2n) is 5.78. The summed E-state index contributed by atoms with van der Waals surface area (Å²) in [7, 11) is 0. The minimum atomic E-state index is -0.0528. The first-order valence-electron chi connectivity index (χ1n) is 7.34. The lowest BCUT2D eigenvalue weighted by atomic mass is 9.98. The van der Waals surface area contributed by atoms with Crippen LogP contribution in [0.3, 0.4) is 0 Å². The first-order valence-corrected chi connectivity index (χ1v) is 7.34. The highest BCUT2D eigenvalue weighted by Crippen LogP contribution is 2.17. The number of rotatable bonds is 5. The number of amides is 1. The van der Waals surface area contributed by atoms with Crippen LogP contribution in [0.25, 0.3) is 0 Å². The van der Waals surface area contributed by atoms with Gasteiger partial charge in [0.05, 0.1) is 6.42 Å². The Morgan fingerprint density at radius 1 is 1.50 bits per heavy atom. The van der Waals surface area contributed by atoms with Crippen LogP contribution < -0.4 is 5.32 Å². The van der Waals surface area contributed by atoms with E-state index in [4.69, 9.17) is 4.52 Å². The molecule has 1 aromatic rings. The highest BCUT2D eigenvalue weighted by Gasteiger charge is 2.20. The Morgan fingerprint density at radius 3 is 2.80 bits per heavy atom. The molecule has 0 bridgehead atoms. The summed E-state index contributed by atoms with van der Waals surface area (Å²) >= 11 is 0. The molecule has 1 N–H and O–H groups in total. The molecule has 112 valence electrons. The fourth-order valence-electron chi connectivity index (χ4n) is 2.48. The Labute approximate surface area is 119 Å². The van der Waals surface area contributed by atoms with E-state index in [0.29, 0.717) is 24.3 Å². The zero-order valence-corrected chi connectivity index (χ0v) is 12.6. The lowest BCUT2D eigenvalue weighted by Crippen LogP contribution is -2.45. The van der Waals surface area contributed by atoms with Crippen LogP contribution in [0, 0.1) is 12.8 Å². The number of aryl methyl sites for hydroxylation is 1. The summed E-state index contributed by atoms with van der Waals surface area (Å²) in [5, 5.41) is 6.67. The second-order valence-corrected chi connectivity index (χ2v) is 5.78. The summed E-state index contributed by atoms with van der Waals surface area (Å²) in [6, 6.07) is 0.374. The van der Waals surface area contributed by atoms with E-state index in [9.17, 15) is 4.79 Å². The monoisotopic (exact) mass is 280 g/mol. The van der Waals surface area contributed by atoms with Crippen molar-refractivity contribution in [3.8, 4) is 0 Å². The Kier molecular flexibility index (Phi) is 5.11. The van der Waals surface area contributed by atoms with Gasteiger partial charge in [-0.15, -0.1) is 0 Å². The van der Waals surface area contributed by atoms with E-state index in [1.807, 2.05) is 0 Å². The van der Waals surface area contributed by atoms with Crippen molar-refractivity contribution in [2.24, 2.45) is 5.92 Å². The summed E-state index contributed by atoms with van der Waals surface area (Å²) in [6.07, 6.45) is 2.68. The molecule has 1 saturated heterocycles. The number of hydrogen-bond donors (Lipinski definition) is 1. The highest BCUT2D eigenvalue weighted by molar-refractivity contribution is 5.77. The van der Waals surface area contributed by atoms with Crippen LogP contribution in [0.4, 0.5) is 0 Å². The normalized spacial score (nSPS) is 18.9. The molecule has 1 fully saturated rings. The average molecular weight is 280 g/mol. The van der Waals surface area contributed by atoms with Gasteiger partial charge in [-0.3, -0.25) is 9.69 Å². The van der Waals surface area contributed by atoms with Crippen LogP contribution in [0.2, 0.25) is 0 Å². The van der Waals surface area contributed by atoms with Crippen LogP contribution in [0.1, 0.15) is 38.4 Å². The second kappa shape index (κ2) is 6.83. The van der Waals surface area contributed by atoms with Gasteiger partial charge < -0.3 is 9.84 Å². The van der Waals surface area contributed by atoms with Crippen molar-refractivity contribution in [2.75, 3.05) is 19.6 Å². The molecule has 6 nitrogen and oxygen atoms in total. The van der Waals surface area contributed by atoms with Gasteiger partial charge in [0.1, 0.15) is 0 Å². The first kappa shape index (κ1) is 15.0. The third-order valence-electron chi connectivity index (χ3n) is 3.92. The number of nitrogens with one attached hydrogen (secondary N) is 1. The van der Waals surface area contributed by atoms with Gasteiger partial charge in [0.15, 0.2) is 5.82 Å². The fraction of sp³-hybridized carbons (Fsp3) is 0.786. The fourth-order valence-corrected chi connectivity index (χ4v) is 2.48. The molecule has 1 amide bonds. The van der Waals surface area contributed by atoms with Crippen molar-refractivity contribution in [1.29, 1.82) is 0 Å². The number of hydrogen-bond acceptors (Lipinski definition) is 5. The van der Waals surface area contributed by atoms with Crippen LogP contribution in [0.15, 0.2) is 4.52 Å². The Hall–Kier alpha value is -1.43. The Morgan fingerprint density at radius 2 is 2.20 bits per heavy atom. The van der Waals surface area contributed by atoms with Gasteiger partial charge in [0.2, 0.25) is 11.8 Å². The summed E-state index contributed by atoms with van der Waals surface area (Å²) in [5.41, 5.74) is 0. The van der Waals surface area contributed by atoms with E-state index in [-0.39, 0.29) is 12.3 Å². The lowest BCUT2D eigenvalue weighted by Gasteiger charge is -2.34. The summed E-state index contributed by atoms with van der Waals surface area (Å²) in [4.78, 5) is 18.3. The van der Waals surface area contributed by atoms with Gasteiger partial charge in [-0.2, -0.15) is 4.98 Å². The summed E-state index contributed by atoms with van der Waals surface area (Å²) in [5.74, 6) is 1.71. The minimum Gasteiger partial charge on any atom is -0.354 e. The highest BCUT2D eigenvalue weighted by atomic mass is 16.5. The number of carbonyl (C=O) groups is 1. The topological polar surface area (TPSA) is 71.3 Å². The SMILES string of the molecule is Cc1nc(CC(=O)NCC(C)N2CCC(C)CC2)no1. The van der Waals surface area contributed by atoms with E-state index in [1.54, 1.807) is 6.92 Å². The van der Waals surface area contributed by atoms with Crippen molar-refractivity contribution < 1.29 is 9.32 Å². The molecule has 1 unspecified atom stereocenters. The van der Waals surface area contributed by atoms with Crippen LogP contribution in [-0.4, -0.2) is 46.6 Å². The number of nitrogens with zero attached hydrogens (tertiary/aromatic N) is 3. The predicted octanol–water partition coefficient (Wildman–Crippen LogP) is 1.16. The third-order valence-corrected chi connectivity index (χ3v) is 3.92. The molecule has 2 heterocycles. The molecule has 2 rings (SSSR count). The van der Waals surface area contributed by atoms with Gasteiger partial charge >= 0.3 is 0 Å². The van der Waals surface area contributed by atoms with Gasteiger partial charge in [-0.25, -0.2) is 0 Å². The molecule has 1 aliphatic rings. The van der Waals surface area contributed by atoms with Gasteiger partial charge in [0.25, 0.3) is 0 Å². The first-order chi connectivity index (χ1) is 9.54. The van der Waals surface area contributed by atoms with Crippen molar-refractivity contribution in [3.05, 3.63) is 11.7 Å². The van der Waals surface area contributed by atoms with Crippen molar-refractivity contribution in [3.63, 3.8) is 0 Å². The van der Waals surface area contributed by atoms with Crippen LogP contribution in [-0.2, 0) is 11.2 Å². The van der Waals surface area contributed by atoms with Crippen molar-refractivity contribution >= 4 is 5.91 Å². The maximum Gasteiger partial charge on any atom is 0.227 e. The molecule has 0 saturated carbocycles. The van der Waals surface area contributed by atoms with E-state index in [0.717, 1.165) is 19.0 Å². The molecule has 0 spiro atoms. The Balaban J connectivity index is 1.70. The largest absolute Gasteiger partial charge is 0.354 e. The van der Waals surface area contributed by atoms with E-state index < -0.39 is 0 Å². The smallest absolute Gasteiger partial charge is 0.227 e. The molecule has 20 heavy (non-hydrogen) atoms. The van der Waals surface area contributed by atoms with Crippen molar-refractivity contribution in [2.45, 2.75) is 46.1 Å². The molecule has 0 aliphatic carbocycles. The standard InChI is InChI=1S/C14H24N4O2/c1-10-4-6-18(7-5-10)11(2)9-15-14(19)8-13-16-12(3)20-17-13/h10-11H,4-9H2,1-3H3,(H,15,19). The lowest BCUT2D eigenvalue weighted by molar-refractivity contribution is -0.120. The zero-order valence-electron chi connectivity index (χ0n) is 12.6. The predicted molar refractivity (Wildman–Crippen MR) is 75.2 cm³/mol. The Bertz CT molecular complexity index is 438. The molecule has 1 aromatic heterocycles. The van der Waals surface area contributed by atoms with Crippen LogP contribution in [0.5, 0.6) is 0 Å². The number of likely N-dealkylation sites (tertiary alicyclic amines) is 1. The average Bonchev–Trinajstić information content (AvgIpc) is 2.82. The number of aromatic nitrogens is 2. The molecule has 1 atom stereocenters. The number of piperidine rings is 1. The van der Waals surface area contributed by atoms with E-state index in [2.05, 4.69) is 34.2 Å². The van der Waals surface area contributed by atoms with E-state index >= 15 is 0 Å². The molecule has 0 aromatic carbocycles. The van der Waals surface area contributed by atoms with E-state index in [1.165, 1.54) is 12.8 Å². The summed E-state index contributed by atoms with van der Waals surface area (Å²) < 4.78 is 4.85. The van der Waals surface area contributed by atoms with Gasteiger partial charge in [0, 0.05) is 19.5 Å². The molecular weight excluding hydrogens is 256 g/mol. The molecule has 1 aliphatic heterocycles. The third kappa shape index (κ3) is 4.30. The zero-order chi connectivity index (χ0) is 14.5. The number of carbonyl (C=O) groups excluding carboxylic acids is 1. The summed E-state index contributed by atoms with van der Waals surface area (Å²) in [6.45, 7) is 9.10. The van der Waals surface area contributed by atoms with Crippen molar-refractivity contribution in [1.82, 2.24) is 20.4 Å². The van der Waals surface area contributed by atoms with Crippen LogP contribution >= 0.6 is 0 Å². The maximum absolute atomic E-state index is 11.8. The maximum atomic E-state index is 11.8. The molecule has 6 heteroatoms. The minimum absolute atomic E-state index is 0.0528. The van der Waals surface area contributed by atoms with Gasteiger partial charge in [-0.05, 0) is 38.8 Å².